The molecule has 0 amide bonds. The molecular formula is C14H21N5O2. The summed E-state index contributed by atoms with van der Waals surface area (Å²) in [5.74, 6) is 0.551. The molecule has 114 valence electrons. The molecule has 1 fully saturated rings. The maximum Gasteiger partial charge on any atom is 0.165 e. The van der Waals surface area contributed by atoms with Gasteiger partial charge in [-0.05, 0) is 12.8 Å². The van der Waals surface area contributed by atoms with Gasteiger partial charge in [0.15, 0.2) is 11.5 Å². The van der Waals surface area contributed by atoms with Crippen LogP contribution in [0, 0.1) is 5.92 Å². The Morgan fingerprint density at radius 3 is 3.05 bits per heavy atom. The van der Waals surface area contributed by atoms with Crippen LogP contribution in [0.5, 0.6) is 0 Å². The molecule has 0 aliphatic heterocycles. The van der Waals surface area contributed by atoms with Gasteiger partial charge in [0.25, 0.3) is 0 Å². The van der Waals surface area contributed by atoms with Crippen LogP contribution in [-0.4, -0.2) is 43.9 Å². The molecule has 0 aromatic carbocycles. The highest BCUT2D eigenvalue weighted by atomic mass is 16.5. The lowest BCUT2D eigenvalue weighted by Crippen LogP contribution is -2.45. The number of hydrogen-bond acceptors (Lipinski definition) is 6. The van der Waals surface area contributed by atoms with E-state index in [1.807, 2.05) is 4.57 Å². The Kier molecular flexibility index (Phi) is 4.03. The molecule has 1 aliphatic carbocycles. The fourth-order valence-electron chi connectivity index (χ4n) is 2.75. The van der Waals surface area contributed by atoms with E-state index in [0.29, 0.717) is 23.6 Å². The first-order valence-electron chi connectivity index (χ1n) is 7.41. The SMILES string of the molecule is CCCCOC[C@H]1C[C@@H](n2cnc3c(N)ncnc32)C1O. The standard InChI is InChI=1S/C14H21N5O2/c1-2-3-4-21-6-9-5-10(12(9)20)19-8-18-11-13(15)16-7-17-14(11)19/h7-10,12,20H,2-6H2,1H3,(H2,15,16,17)/t9-,10-,12?/m1/s1. The van der Waals surface area contributed by atoms with E-state index in [9.17, 15) is 5.11 Å². The molecule has 3 atom stereocenters. The fraction of sp³-hybridized carbons (Fsp3) is 0.643. The first-order chi connectivity index (χ1) is 10.2. The highest BCUT2D eigenvalue weighted by Crippen LogP contribution is 2.39. The number of hydrogen-bond donors (Lipinski definition) is 2. The number of aliphatic hydroxyl groups excluding tert-OH is 1. The predicted molar refractivity (Wildman–Crippen MR) is 78.6 cm³/mol. The number of aromatic nitrogens is 4. The number of nitrogen functional groups attached to an aromatic ring is 1. The topological polar surface area (TPSA) is 99.1 Å². The van der Waals surface area contributed by atoms with Gasteiger partial charge in [-0.2, -0.15) is 0 Å². The van der Waals surface area contributed by atoms with E-state index in [-0.39, 0.29) is 12.0 Å². The van der Waals surface area contributed by atoms with Gasteiger partial charge in [0.05, 0.1) is 25.1 Å². The van der Waals surface area contributed by atoms with Gasteiger partial charge in [-0.15, -0.1) is 0 Å². The molecule has 3 rings (SSSR count). The van der Waals surface area contributed by atoms with Gasteiger partial charge in [0, 0.05) is 12.5 Å². The van der Waals surface area contributed by atoms with Crippen LogP contribution in [0.15, 0.2) is 12.7 Å². The van der Waals surface area contributed by atoms with Crippen molar-refractivity contribution in [3.63, 3.8) is 0 Å². The number of aliphatic hydroxyl groups is 1. The lowest BCUT2D eigenvalue weighted by Gasteiger charge is -2.41. The Hall–Kier alpha value is -1.73. The monoisotopic (exact) mass is 291 g/mol. The number of rotatable bonds is 6. The lowest BCUT2D eigenvalue weighted by atomic mass is 9.77. The second-order valence-corrected chi connectivity index (χ2v) is 5.57. The van der Waals surface area contributed by atoms with E-state index in [1.165, 1.54) is 6.33 Å². The number of anilines is 1. The predicted octanol–water partition coefficient (Wildman–Crippen LogP) is 1.15. The van der Waals surface area contributed by atoms with Crippen LogP contribution in [0.1, 0.15) is 32.2 Å². The van der Waals surface area contributed by atoms with Gasteiger partial charge in [0.1, 0.15) is 11.8 Å². The zero-order valence-electron chi connectivity index (χ0n) is 12.1. The summed E-state index contributed by atoms with van der Waals surface area (Å²) in [6.07, 6.45) is 5.72. The molecule has 2 heterocycles. The minimum atomic E-state index is -0.430. The van der Waals surface area contributed by atoms with Crippen molar-refractivity contribution in [1.29, 1.82) is 0 Å². The zero-order chi connectivity index (χ0) is 14.8. The van der Waals surface area contributed by atoms with Gasteiger partial charge >= 0.3 is 0 Å². The number of unbranched alkanes of at least 4 members (excludes halogenated alkanes) is 1. The number of ether oxygens (including phenoxy) is 1. The van der Waals surface area contributed by atoms with Crippen LogP contribution in [0.25, 0.3) is 11.2 Å². The average molecular weight is 291 g/mol. The number of imidazole rings is 1. The molecule has 1 unspecified atom stereocenters. The van der Waals surface area contributed by atoms with Crippen molar-refractivity contribution >= 4 is 17.0 Å². The van der Waals surface area contributed by atoms with Gasteiger partial charge < -0.3 is 20.1 Å². The van der Waals surface area contributed by atoms with Gasteiger partial charge in [-0.25, -0.2) is 15.0 Å². The smallest absolute Gasteiger partial charge is 0.165 e. The number of nitrogens with zero attached hydrogens (tertiary/aromatic N) is 4. The third-order valence-corrected chi connectivity index (χ3v) is 4.14. The van der Waals surface area contributed by atoms with Crippen molar-refractivity contribution in [1.82, 2.24) is 19.5 Å². The molecule has 0 spiro atoms. The van der Waals surface area contributed by atoms with E-state index in [1.54, 1.807) is 6.33 Å². The Morgan fingerprint density at radius 1 is 1.43 bits per heavy atom. The van der Waals surface area contributed by atoms with Crippen LogP contribution in [0.2, 0.25) is 0 Å². The Morgan fingerprint density at radius 2 is 2.29 bits per heavy atom. The second kappa shape index (κ2) is 5.95. The second-order valence-electron chi connectivity index (χ2n) is 5.57. The molecule has 7 heteroatoms. The largest absolute Gasteiger partial charge is 0.391 e. The molecular weight excluding hydrogens is 270 g/mol. The van der Waals surface area contributed by atoms with E-state index < -0.39 is 6.10 Å². The maximum atomic E-state index is 10.3. The minimum Gasteiger partial charge on any atom is -0.391 e. The van der Waals surface area contributed by atoms with Crippen molar-refractivity contribution in [3.05, 3.63) is 12.7 Å². The van der Waals surface area contributed by atoms with Gasteiger partial charge in [0.2, 0.25) is 0 Å². The summed E-state index contributed by atoms with van der Waals surface area (Å²) in [6.45, 7) is 3.51. The number of nitrogens with two attached hydrogens (primary N) is 1. The number of fused-ring (bicyclic) bond motifs is 1. The van der Waals surface area contributed by atoms with Crippen LogP contribution >= 0.6 is 0 Å². The molecule has 7 nitrogen and oxygen atoms in total. The summed E-state index contributed by atoms with van der Waals surface area (Å²) in [5.41, 5.74) is 7.04. The normalized spacial score (nSPS) is 25.1. The van der Waals surface area contributed by atoms with E-state index in [0.717, 1.165) is 25.9 Å². The summed E-state index contributed by atoms with van der Waals surface area (Å²) in [6, 6.07) is -0.0101. The zero-order valence-corrected chi connectivity index (χ0v) is 12.1. The maximum absolute atomic E-state index is 10.3. The minimum absolute atomic E-state index is 0.0101. The third kappa shape index (κ3) is 2.58. The van der Waals surface area contributed by atoms with Crippen molar-refractivity contribution in [2.24, 2.45) is 5.92 Å². The first-order valence-corrected chi connectivity index (χ1v) is 7.41. The van der Waals surface area contributed by atoms with Crippen molar-refractivity contribution in [2.45, 2.75) is 38.3 Å². The highest BCUT2D eigenvalue weighted by molar-refractivity contribution is 5.81. The Bertz CT molecular complexity index is 614. The molecule has 2 aromatic rings. The van der Waals surface area contributed by atoms with Crippen LogP contribution < -0.4 is 5.73 Å². The highest BCUT2D eigenvalue weighted by Gasteiger charge is 2.41. The van der Waals surface area contributed by atoms with Crippen molar-refractivity contribution in [2.75, 3.05) is 18.9 Å². The summed E-state index contributed by atoms with van der Waals surface area (Å²) in [5, 5.41) is 10.3. The third-order valence-electron chi connectivity index (χ3n) is 4.14. The Balaban J connectivity index is 1.65. The summed E-state index contributed by atoms with van der Waals surface area (Å²) < 4.78 is 7.48. The first kappa shape index (κ1) is 14.2. The van der Waals surface area contributed by atoms with Crippen molar-refractivity contribution < 1.29 is 9.84 Å². The fourth-order valence-corrected chi connectivity index (χ4v) is 2.75. The van der Waals surface area contributed by atoms with Gasteiger partial charge in [-0.1, -0.05) is 13.3 Å². The molecule has 1 aliphatic rings. The lowest BCUT2D eigenvalue weighted by molar-refractivity contribution is -0.0711. The quantitative estimate of drug-likeness (QED) is 0.774. The van der Waals surface area contributed by atoms with Gasteiger partial charge in [-0.3, -0.25) is 0 Å². The van der Waals surface area contributed by atoms with Crippen LogP contribution in [-0.2, 0) is 4.74 Å². The summed E-state index contributed by atoms with van der Waals surface area (Å²) in [4.78, 5) is 12.4. The summed E-state index contributed by atoms with van der Waals surface area (Å²) >= 11 is 0. The van der Waals surface area contributed by atoms with Crippen LogP contribution in [0.3, 0.4) is 0 Å². The molecule has 0 saturated heterocycles. The molecule has 2 aromatic heterocycles. The molecule has 21 heavy (non-hydrogen) atoms. The van der Waals surface area contributed by atoms with E-state index >= 15 is 0 Å². The van der Waals surface area contributed by atoms with E-state index in [2.05, 4.69) is 21.9 Å². The molecule has 0 radical (unpaired) electrons. The molecule has 3 N–H and O–H groups in total. The Labute approximate surface area is 123 Å². The van der Waals surface area contributed by atoms with Crippen molar-refractivity contribution in [3.8, 4) is 0 Å². The van der Waals surface area contributed by atoms with Crippen LogP contribution in [0.4, 0.5) is 5.82 Å². The molecule has 1 saturated carbocycles. The average Bonchev–Trinajstić information content (AvgIpc) is 2.90. The van der Waals surface area contributed by atoms with E-state index in [4.69, 9.17) is 10.5 Å². The molecule has 0 bridgehead atoms. The summed E-state index contributed by atoms with van der Waals surface area (Å²) in [7, 11) is 0.